The Morgan fingerprint density at radius 3 is 2.64 bits per heavy atom. The molecule has 5 rings (SSSR count). The number of benzene rings is 2. The van der Waals surface area contributed by atoms with Gasteiger partial charge in [-0.1, -0.05) is 39.0 Å². The van der Waals surface area contributed by atoms with Gasteiger partial charge in [0.25, 0.3) is 0 Å². The fourth-order valence-corrected chi connectivity index (χ4v) is 8.11. The number of rotatable bonds is 5. The first-order chi connectivity index (χ1) is 17.0. The average Bonchev–Trinajstić information content (AvgIpc) is 3.29. The second kappa shape index (κ2) is 8.77. The molecule has 1 saturated carbocycles. The number of piperidine rings is 1. The zero-order valence-electron chi connectivity index (χ0n) is 21.5. The molecule has 2 fully saturated rings. The number of nitrogens with one attached hydrogen (secondary N) is 1. The number of amides is 1. The summed E-state index contributed by atoms with van der Waals surface area (Å²) in [7, 11) is -2.21. The van der Waals surface area contributed by atoms with Crippen LogP contribution < -0.4 is 9.46 Å². The van der Waals surface area contributed by atoms with Crippen molar-refractivity contribution in [3.8, 4) is 11.5 Å². The van der Waals surface area contributed by atoms with Gasteiger partial charge in [-0.3, -0.25) is 4.79 Å². The Balaban J connectivity index is 1.32. The Labute approximate surface area is 213 Å². The van der Waals surface area contributed by atoms with Crippen LogP contribution in [-0.4, -0.2) is 50.1 Å². The summed E-state index contributed by atoms with van der Waals surface area (Å²) in [6.45, 7) is 7.42. The number of aromatic hydroxyl groups is 1. The van der Waals surface area contributed by atoms with Crippen LogP contribution >= 0.6 is 0 Å². The number of carbonyl (C=O) groups is 1. The number of sulfonamides is 1. The third-order valence-electron chi connectivity index (χ3n) is 9.37. The molecule has 7 nitrogen and oxygen atoms in total. The van der Waals surface area contributed by atoms with Gasteiger partial charge < -0.3 is 14.7 Å². The highest BCUT2D eigenvalue weighted by Crippen LogP contribution is 2.57. The second-order valence-corrected chi connectivity index (χ2v) is 13.1. The van der Waals surface area contributed by atoms with Crippen molar-refractivity contribution in [2.75, 3.05) is 13.7 Å². The van der Waals surface area contributed by atoms with Gasteiger partial charge in [-0.15, -0.1) is 0 Å². The van der Waals surface area contributed by atoms with Crippen molar-refractivity contribution in [1.82, 2.24) is 9.62 Å². The van der Waals surface area contributed by atoms with Crippen LogP contribution in [0.4, 0.5) is 0 Å². The summed E-state index contributed by atoms with van der Waals surface area (Å²) in [5, 5.41) is 10.6. The van der Waals surface area contributed by atoms with E-state index < -0.39 is 10.0 Å². The number of fused-ring (bicyclic) bond motifs is 4. The molecule has 1 aliphatic heterocycles. The van der Waals surface area contributed by atoms with Crippen LogP contribution in [0.15, 0.2) is 47.4 Å². The standard InChI is InChI=1S/C28H36N2O5S/c1-27(2)25-17-22-23(9-6-10-24(22)31)28(27,3)13-14-30(25)26(32)18-11-12-19(15-18)29-36(33,34)21-8-5-7-20(16-21)35-4/h5-10,16,18-19,25,29,31H,11-15,17H2,1-4H3/t18?,19?,25-,28+/m1/s1. The minimum atomic E-state index is -3.71. The van der Waals surface area contributed by atoms with E-state index in [0.717, 1.165) is 12.0 Å². The van der Waals surface area contributed by atoms with Crippen LogP contribution in [0.5, 0.6) is 11.5 Å². The van der Waals surface area contributed by atoms with Crippen LogP contribution in [0.1, 0.15) is 57.6 Å². The molecular weight excluding hydrogens is 476 g/mol. The van der Waals surface area contributed by atoms with Gasteiger partial charge in [0.05, 0.1) is 12.0 Å². The van der Waals surface area contributed by atoms with Crippen molar-refractivity contribution < 1.29 is 23.1 Å². The van der Waals surface area contributed by atoms with Crippen LogP contribution in [0, 0.1) is 11.3 Å². The summed E-state index contributed by atoms with van der Waals surface area (Å²) in [5.74, 6) is 0.685. The summed E-state index contributed by atoms with van der Waals surface area (Å²) < 4.78 is 33.9. The molecule has 2 aromatic carbocycles. The largest absolute Gasteiger partial charge is 0.508 e. The van der Waals surface area contributed by atoms with Gasteiger partial charge in [0.1, 0.15) is 11.5 Å². The van der Waals surface area contributed by atoms with Gasteiger partial charge in [0, 0.05) is 36.0 Å². The first kappa shape index (κ1) is 25.1. The van der Waals surface area contributed by atoms with Gasteiger partial charge in [-0.25, -0.2) is 13.1 Å². The van der Waals surface area contributed by atoms with Gasteiger partial charge in [0.15, 0.2) is 0 Å². The predicted octanol–water partition coefficient (Wildman–Crippen LogP) is 3.99. The third-order valence-corrected chi connectivity index (χ3v) is 10.9. The molecule has 36 heavy (non-hydrogen) atoms. The maximum absolute atomic E-state index is 13.8. The number of phenols is 1. The number of hydrogen-bond donors (Lipinski definition) is 2. The Hall–Kier alpha value is -2.58. The fourth-order valence-electron chi connectivity index (χ4n) is 6.79. The van der Waals surface area contributed by atoms with E-state index in [2.05, 4.69) is 31.6 Å². The summed E-state index contributed by atoms with van der Waals surface area (Å²) in [6.07, 6.45) is 3.24. The molecule has 0 aromatic heterocycles. The quantitative estimate of drug-likeness (QED) is 0.632. The van der Waals surface area contributed by atoms with Crippen LogP contribution in [0.2, 0.25) is 0 Å². The highest BCUT2D eigenvalue weighted by atomic mass is 32.2. The maximum Gasteiger partial charge on any atom is 0.240 e. The van der Waals surface area contributed by atoms with Crippen molar-refractivity contribution in [2.24, 2.45) is 11.3 Å². The highest BCUT2D eigenvalue weighted by Gasteiger charge is 2.57. The molecule has 2 unspecified atom stereocenters. The van der Waals surface area contributed by atoms with Crippen LogP contribution in [0.25, 0.3) is 0 Å². The number of carbonyl (C=O) groups excluding carboxylic acids is 1. The third kappa shape index (κ3) is 3.89. The Kier molecular flexibility index (Phi) is 6.11. The number of likely N-dealkylation sites (tertiary alicyclic amines) is 1. The molecule has 4 atom stereocenters. The number of nitrogens with zero attached hydrogens (tertiary/aromatic N) is 1. The summed E-state index contributed by atoms with van der Waals surface area (Å²) in [4.78, 5) is 16.0. The monoisotopic (exact) mass is 512 g/mol. The lowest BCUT2D eigenvalue weighted by Gasteiger charge is -2.61. The molecule has 1 heterocycles. The SMILES string of the molecule is COc1cccc(S(=O)(=O)NC2CCC(C(=O)N3CC[C@@]4(C)c5cccc(O)c5C[C@@H]3C4(C)C)C2)c1. The van der Waals surface area contributed by atoms with Gasteiger partial charge in [-0.2, -0.15) is 0 Å². The number of phenolic OH excluding ortho intramolecular Hbond substituents is 1. The maximum atomic E-state index is 13.8. The highest BCUT2D eigenvalue weighted by molar-refractivity contribution is 7.89. The van der Waals surface area contributed by atoms with Gasteiger partial charge in [0.2, 0.25) is 15.9 Å². The van der Waals surface area contributed by atoms with Gasteiger partial charge >= 0.3 is 0 Å². The minimum absolute atomic E-state index is 0.0166. The van der Waals surface area contributed by atoms with E-state index in [1.54, 1.807) is 24.3 Å². The zero-order chi connectivity index (χ0) is 25.9. The first-order valence-corrected chi connectivity index (χ1v) is 14.2. The molecule has 2 aromatic rings. The van der Waals surface area contributed by atoms with E-state index in [4.69, 9.17) is 4.74 Å². The first-order valence-electron chi connectivity index (χ1n) is 12.8. The molecule has 3 aliphatic rings. The van der Waals surface area contributed by atoms with Crippen LogP contribution in [0.3, 0.4) is 0 Å². The van der Waals surface area contributed by atoms with E-state index in [1.165, 1.54) is 18.7 Å². The Bertz CT molecular complexity index is 1290. The van der Waals surface area contributed by atoms with Crippen molar-refractivity contribution in [1.29, 1.82) is 0 Å². The zero-order valence-corrected chi connectivity index (χ0v) is 22.3. The molecule has 1 saturated heterocycles. The summed E-state index contributed by atoms with van der Waals surface area (Å²) in [6, 6.07) is 11.9. The molecule has 8 heteroatoms. The Morgan fingerprint density at radius 2 is 1.89 bits per heavy atom. The van der Waals surface area contributed by atoms with Crippen molar-refractivity contribution in [3.63, 3.8) is 0 Å². The molecule has 1 amide bonds. The molecule has 2 bridgehead atoms. The molecule has 0 radical (unpaired) electrons. The van der Waals surface area contributed by atoms with E-state index in [0.29, 0.717) is 43.7 Å². The van der Waals surface area contributed by atoms with Crippen molar-refractivity contribution >= 4 is 15.9 Å². The minimum Gasteiger partial charge on any atom is -0.508 e. The Morgan fingerprint density at radius 1 is 1.14 bits per heavy atom. The average molecular weight is 513 g/mol. The van der Waals surface area contributed by atoms with E-state index in [9.17, 15) is 18.3 Å². The molecular formula is C28H36N2O5S. The smallest absolute Gasteiger partial charge is 0.240 e. The van der Waals surface area contributed by atoms with E-state index in [1.807, 2.05) is 11.0 Å². The predicted molar refractivity (Wildman–Crippen MR) is 138 cm³/mol. The topological polar surface area (TPSA) is 95.9 Å². The number of hydrogen-bond acceptors (Lipinski definition) is 5. The lowest BCUT2D eigenvalue weighted by atomic mass is 9.51. The van der Waals surface area contributed by atoms with Gasteiger partial charge in [-0.05, 0) is 66.8 Å². The van der Waals surface area contributed by atoms with Crippen LogP contribution in [-0.2, 0) is 26.7 Å². The normalized spacial score (nSPS) is 29.0. The van der Waals surface area contributed by atoms with Crippen molar-refractivity contribution in [2.45, 2.75) is 75.3 Å². The molecule has 194 valence electrons. The van der Waals surface area contributed by atoms with Crippen molar-refractivity contribution in [3.05, 3.63) is 53.6 Å². The number of methoxy groups -OCH3 is 1. The van der Waals surface area contributed by atoms with E-state index >= 15 is 0 Å². The second-order valence-electron chi connectivity index (χ2n) is 11.4. The number of ether oxygens (including phenoxy) is 1. The molecule has 2 aliphatic carbocycles. The lowest BCUT2D eigenvalue weighted by Crippen LogP contribution is -2.65. The summed E-state index contributed by atoms with van der Waals surface area (Å²) in [5.41, 5.74) is 1.86. The summed E-state index contributed by atoms with van der Waals surface area (Å²) >= 11 is 0. The molecule has 2 N–H and O–H groups in total. The van der Waals surface area contributed by atoms with E-state index in [-0.39, 0.29) is 39.6 Å². The molecule has 0 spiro atoms. The fraction of sp³-hybridized carbons (Fsp3) is 0.536. The lowest BCUT2D eigenvalue weighted by molar-refractivity contribution is -0.148.